The van der Waals surface area contributed by atoms with Gasteiger partial charge in [-0.1, -0.05) is 18.6 Å². The van der Waals surface area contributed by atoms with E-state index in [0.29, 0.717) is 56.2 Å². The van der Waals surface area contributed by atoms with Crippen LogP contribution in [0, 0.1) is 0 Å². The molecule has 2 saturated heterocycles. The first-order valence-electron chi connectivity index (χ1n) is 11.3. The summed E-state index contributed by atoms with van der Waals surface area (Å²) < 4.78 is 58.8. The fourth-order valence-corrected chi connectivity index (χ4v) is 7.07. The summed E-state index contributed by atoms with van der Waals surface area (Å²) in [7, 11) is -6.97. The molecule has 2 aliphatic heterocycles. The molecule has 2 heterocycles. The van der Waals surface area contributed by atoms with Gasteiger partial charge in [0.15, 0.2) is 0 Å². The van der Waals surface area contributed by atoms with E-state index in [1.54, 1.807) is 36.4 Å². The van der Waals surface area contributed by atoms with Gasteiger partial charge < -0.3 is 10.1 Å². The first-order chi connectivity index (χ1) is 16.3. The average molecular weight is 508 g/mol. The van der Waals surface area contributed by atoms with Crippen LogP contribution in [0.2, 0.25) is 0 Å². The zero-order chi connectivity index (χ0) is 24.2. The minimum atomic E-state index is -3.53. The van der Waals surface area contributed by atoms with Gasteiger partial charge in [0.25, 0.3) is 5.91 Å². The van der Waals surface area contributed by atoms with E-state index in [9.17, 15) is 21.6 Å². The first kappa shape index (κ1) is 24.8. The fraction of sp³-hybridized carbons (Fsp3) is 0.435. The maximum absolute atomic E-state index is 12.8. The molecule has 0 atom stereocenters. The second-order valence-electron chi connectivity index (χ2n) is 8.41. The van der Waals surface area contributed by atoms with E-state index in [2.05, 4.69) is 5.32 Å². The van der Waals surface area contributed by atoms with Crippen molar-refractivity contribution in [3.05, 3.63) is 59.7 Å². The lowest BCUT2D eigenvalue weighted by atomic mass is 10.1. The molecule has 2 aromatic carbocycles. The number of ether oxygens (including phenoxy) is 1. The van der Waals surface area contributed by atoms with Crippen molar-refractivity contribution in [2.24, 2.45) is 0 Å². The summed E-state index contributed by atoms with van der Waals surface area (Å²) in [5, 5.41) is 2.75. The molecular formula is C23H29N3O6S2. The Morgan fingerprint density at radius 3 is 2.03 bits per heavy atom. The molecule has 0 aromatic heterocycles. The Bertz CT molecular complexity index is 1200. The van der Waals surface area contributed by atoms with Crippen molar-refractivity contribution in [2.75, 3.05) is 44.7 Å². The zero-order valence-corrected chi connectivity index (χ0v) is 20.5. The molecule has 1 amide bonds. The van der Waals surface area contributed by atoms with Gasteiger partial charge in [0.1, 0.15) is 0 Å². The van der Waals surface area contributed by atoms with Crippen LogP contribution in [0.1, 0.15) is 35.2 Å². The largest absolute Gasteiger partial charge is 0.379 e. The number of carbonyl (C=O) groups is 1. The number of rotatable bonds is 7. The van der Waals surface area contributed by atoms with Crippen LogP contribution in [-0.2, 0) is 30.5 Å². The fourth-order valence-electron chi connectivity index (χ4n) is 4.05. The van der Waals surface area contributed by atoms with Crippen molar-refractivity contribution in [1.29, 1.82) is 0 Å². The standard InChI is InChI=1S/C23H29N3O6S2/c27-23(20-6-4-19(5-7-20)18-33(28,29)25-14-16-32-17-15-25)24-21-8-10-22(11-9-21)34(30,31)26-12-2-1-3-13-26/h4-11H,1-3,12-18H2,(H,24,27). The molecule has 0 unspecified atom stereocenters. The molecule has 2 fully saturated rings. The lowest BCUT2D eigenvalue weighted by Crippen LogP contribution is -2.41. The van der Waals surface area contributed by atoms with Gasteiger partial charge in [0.05, 0.1) is 23.9 Å². The van der Waals surface area contributed by atoms with Crippen molar-refractivity contribution in [2.45, 2.75) is 29.9 Å². The molecular weight excluding hydrogens is 478 g/mol. The van der Waals surface area contributed by atoms with Crippen LogP contribution in [0.3, 0.4) is 0 Å². The Morgan fingerprint density at radius 1 is 0.794 bits per heavy atom. The normalized spacial score (nSPS) is 18.5. The van der Waals surface area contributed by atoms with Crippen molar-refractivity contribution in [3.8, 4) is 0 Å². The van der Waals surface area contributed by atoms with Crippen LogP contribution in [0.4, 0.5) is 5.69 Å². The highest BCUT2D eigenvalue weighted by Crippen LogP contribution is 2.22. The Balaban J connectivity index is 1.37. The van der Waals surface area contributed by atoms with Crippen molar-refractivity contribution >= 4 is 31.6 Å². The van der Waals surface area contributed by atoms with Crippen LogP contribution in [0.5, 0.6) is 0 Å². The highest BCUT2D eigenvalue weighted by atomic mass is 32.2. The Hall–Kier alpha value is -2.31. The summed E-state index contributed by atoms with van der Waals surface area (Å²) in [6, 6.07) is 12.5. The molecule has 0 radical (unpaired) electrons. The van der Waals surface area contributed by atoms with E-state index in [0.717, 1.165) is 19.3 Å². The molecule has 34 heavy (non-hydrogen) atoms. The predicted molar refractivity (Wildman–Crippen MR) is 128 cm³/mol. The van der Waals surface area contributed by atoms with Gasteiger partial charge >= 0.3 is 0 Å². The monoisotopic (exact) mass is 507 g/mol. The van der Waals surface area contributed by atoms with Gasteiger partial charge in [-0.05, 0) is 54.8 Å². The van der Waals surface area contributed by atoms with Crippen LogP contribution in [0.15, 0.2) is 53.4 Å². The number of benzene rings is 2. The van der Waals surface area contributed by atoms with Crippen LogP contribution >= 0.6 is 0 Å². The van der Waals surface area contributed by atoms with Crippen molar-refractivity contribution in [3.63, 3.8) is 0 Å². The number of nitrogens with one attached hydrogen (secondary N) is 1. The SMILES string of the molecule is O=C(Nc1ccc(S(=O)(=O)N2CCCCC2)cc1)c1ccc(CS(=O)(=O)N2CCOCC2)cc1. The van der Waals surface area contributed by atoms with Crippen molar-refractivity contribution < 1.29 is 26.4 Å². The van der Waals surface area contributed by atoms with Crippen LogP contribution in [-0.4, -0.2) is 70.7 Å². The quantitative estimate of drug-likeness (QED) is 0.615. The number of anilines is 1. The van der Waals surface area contributed by atoms with E-state index in [-0.39, 0.29) is 16.6 Å². The molecule has 0 bridgehead atoms. The van der Waals surface area contributed by atoms with E-state index >= 15 is 0 Å². The third-order valence-electron chi connectivity index (χ3n) is 5.99. The molecule has 4 rings (SSSR count). The summed E-state index contributed by atoms with van der Waals surface area (Å²) in [6.45, 7) is 2.55. The molecule has 184 valence electrons. The van der Waals surface area contributed by atoms with Gasteiger partial charge in [-0.25, -0.2) is 16.8 Å². The summed E-state index contributed by atoms with van der Waals surface area (Å²) >= 11 is 0. The molecule has 0 aliphatic carbocycles. The lowest BCUT2D eigenvalue weighted by Gasteiger charge is -2.26. The predicted octanol–water partition coefficient (Wildman–Crippen LogP) is 2.28. The first-order valence-corrected chi connectivity index (χ1v) is 14.4. The molecule has 0 spiro atoms. The molecule has 2 aromatic rings. The highest BCUT2D eigenvalue weighted by molar-refractivity contribution is 7.89. The Morgan fingerprint density at radius 2 is 1.41 bits per heavy atom. The highest BCUT2D eigenvalue weighted by Gasteiger charge is 2.26. The maximum Gasteiger partial charge on any atom is 0.255 e. The minimum absolute atomic E-state index is 0.137. The molecule has 9 nitrogen and oxygen atoms in total. The molecule has 1 N–H and O–H groups in total. The van der Waals surface area contributed by atoms with E-state index in [1.165, 1.54) is 20.7 Å². The summed E-state index contributed by atoms with van der Waals surface area (Å²) in [6.07, 6.45) is 2.78. The summed E-state index contributed by atoms with van der Waals surface area (Å²) in [4.78, 5) is 12.8. The van der Waals surface area contributed by atoms with E-state index < -0.39 is 20.0 Å². The number of hydrogen-bond donors (Lipinski definition) is 1. The summed E-state index contributed by atoms with van der Waals surface area (Å²) in [5.41, 5.74) is 1.44. The number of nitrogens with zero attached hydrogens (tertiary/aromatic N) is 2. The number of carbonyl (C=O) groups excluding carboxylic acids is 1. The third-order valence-corrected chi connectivity index (χ3v) is 9.76. The minimum Gasteiger partial charge on any atom is -0.379 e. The van der Waals surface area contributed by atoms with Crippen molar-refractivity contribution in [1.82, 2.24) is 8.61 Å². The number of sulfonamides is 2. The number of hydrogen-bond acceptors (Lipinski definition) is 6. The maximum atomic E-state index is 12.8. The smallest absolute Gasteiger partial charge is 0.255 e. The van der Waals surface area contributed by atoms with Gasteiger partial charge in [-0.15, -0.1) is 0 Å². The van der Waals surface area contributed by atoms with Crippen LogP contribution < -0.4 is 5.32 Å². The number of piperidine rings is 1. The molecule has 11 heteroatoms. The van der Waals surface area contributed by atoms with Gasteiger partial charge in [-0.2, -0.15) is 8.61 Å². The third kappa shape index (κ3) is 5.84. The molecule has 2 aliphatic rings. The topological polar surface area (TPSA) is 113 Å². The van der Waals surface area contributed by atoms with E-state index in [1.807, 2.05) is 0 Å². The number of amides is 1. The van der Waals surface area contributed by atoms with E-state index in [4.69, 9.17) is 4.74 Å². The number of morpholine rings is 1. The van der Waals surface area contributed by atoms with Gasteiger partial charge in [0, 0.05) is 37.4 Å². The Kier molecular flexibility index (Phi) is 7.68. The van der Waals surface area contributed by atoms with Crippen LogP contribution in [0.25, 0.3) is 0 Å². The second-order valence-corrected chi connectivity index (χ2v) is 12.3. The second kappa shape index (κ2) is 10.5. The lowest BCUT2D eigenvalue weighted by molar-refractivity contribution is 0.0729. The van der Waals surface area contributed by atoms with Gasteiger partial charge in [-0.3, -0.25) is 4.79 Å². The van der Waals surface area contributed by atoms with Gasteiger partial charge in [0.2, 0.25) is 20.0 Å². The molecule has 0 saturated carbocycles. The Labute approximate surface area is 200 Å². The summed E-state index contributed by atoms with van der Waals surface area (Å²) in [5.74, 6) is -0.504. The average Bonchev–Trinajstić information content (AvgIpc) is 2.86. The zero-order valence-electron chi connectivity index (χ0n) is 18.9.